The maximum Gasteiger partial charge on any atom is 0.219 e. The second-order valence-electron chi connectivity index (χ2n) is 7.97. The number of hydrazone groups is 1. The number of aliphatic imine (C=N–C) groups is 1. The molecule has 0 spiro atoms. The predicted octanol–water partition coefficient (Wildman–Crippen LogP) is 3.91. The molecule has 1 aromatic heterocycles. The van der Waals surface area contributed by atoms with E-state index in [1.807, 2.05) is 31.9 Å². The molecule has 2 rings (SSSR count). The highest BCUT2D eigenvalue weighted by molar-refractivity contribution is 6.00. The van der Waals surface area contributed by atoms with Gasteiger partial charge in [-0.15, -0.1) is 0 Å². The van der Waals surface area contributed by atoms with Crippen LogP contribution in [-0.4, -0.2) is 65.3 Å². The van der Waals surface area contributed by atoms with Gasteiger partial charge in [0.2, 0.25) is 5.91 Å². The van der Waals surface area contributed by atoms with Crippen LogP contribution in [0.1, 0.15) is 64.3 Å². The van der Waals surface area contributed by atoms with Gasteiger partial charge in [-0.2, -0.15) is 5.10 Å². The molecule has 0 unspecified atom stereocenters. The van der Waals surface area contributed by atoms with Crippen LogP contribution in [0.3, 0.4) is 0 Å². The summed E-state index contributed by atoms with van der Waals surface area (Å²) in [5.74, 6) is 1.17. The van der Waals surface area contributed by atoms with E-state index in [-0.39, 0.29) is 5.91 Å². The molecule has 7 heteroatoms. The van der Waals surface area contributed by atoms with E-state index in [2.05, 4.69) is 53.3 Å². The van der Waals surface area contributed by atoms with Crippen molar-refractivity contribution in [3.05, 3.63) is 41.0 Å². The van der Waals surface area contributed by atoms with Crippen molar-refractivity contribution in [2.24, 2.45) is 10.1 Å². The number of nitrogens with one attached hydrogen (secondary N) is 1. The first kappa shape index (κ1) is 26.3. The summed E-state index contributed by atoms with van der Waals surface area (Å²) in [5, 5.41) is 3.79. The van der Waals surface area contributed by atoms with Crippen LogP contribution in [0.4, 0.5) is 0 Å². The van der Waals surface area contributed by atoms with Crippen molar-refractivity contribution in [1.29, 1.82) is 0 Å². The molecule has 0 aromatic carbocycles. The van der Waals surface area contributed by atoms with Crippen LogP contribution >= 0.6 is 0 Å². The second kappa shape index (κ2) is 13.6. The Morgan fingerprint density at radius 3 is 2.23 bits per heavy atom. The fourth-order valence-electron chi connectivity index (χ4n) is 3.23. The number of pyridine rings is 1. The lowest BCUT2D eigenvalue weighted by molar-refractivity contribution is -0.130. The van der Waals surface area contributed by atoms with E-state index in [1.54, 1.807) is 14.0 Å². The van der Waals surface area contributed by atoms with Crippen LogP contribution in [-0.2, 0) is 4.79 Å². The highest BCUT2D eigenvalue weighted by atomic mass is 16.2. The van der Waals surface area contributed by atoms with Crippen molar-refractivity contribution >= 4 is 17.3 Å². The van der Waals surface area contributed by atoms with Gasteiger partial charge in [-0.1, -0.05) is 13.3 Å². The Morgan fingerprint density at radius 1 is 1.13 bits per heavy atom. The summed E-state index contributed by atoms with van der Waals surface area (Å²) in [5.41, 5.74) is 7.95. The summed E-state index contributed by atoms with van der Waals surface area (Å²) in [6.45, 7) is 17.0. The van der Waals surface area contributed by atoms with Crippen molar-refractivity contribution < 1.29 is 4.79 Å². The Labute approximate surface area is 188 Å². The first-order chi connectivity index (χ1) is 14.7. The SMILES string of the molecule is CCC/C=C(/N=C(/C)c1cc(C)cnc1C)N1CCN(C(C)=O)CC1.CNN=C(C)C. The number of hydrogen-bond donors (Lipinski definition) is 1. The highest BCUT2D eigenvalue weighted by Crippen LogP contribution is 2.16. The maximum absolute atomic E-state index is 11.5. The van der Waals surface area contributed by atoms with Crippen LogP contribution in [0.15, 0.2) is 34.3 Å². The van der Waals surface area contributed by atoms with E-state index >= 15 is 0 Å². The lowest BCUT2D eigenvalue weighted by Crippen LogP contribution is -2.47. The van der Waals surface area contributed by atoms with Crippen LogP contribution in [0.5, 0.6) is 0 Å². The van der Waals surface area contributed by atoms with Crippen LogP contribution in [0.25, 0.3) is 0 Å². The van der Waals surface area contributed by atoms with Crippen molar-refractivity contribution in [1.82, 2.24) is 20.2 Å². The van der Waals surface area contributed by atoms with E-state index in [0.717, 1.165) is 73.1 Å². The Morgan fingerprint density at radius 2 is 1.74 bits per heavy atom. The molecule has 0 bridgehead atoms. The fraction of sp³-hybridized carbons (Fsp3) is 0.583. The number of unbranched alkanes of at least 4 members (excludes halogenated alkanes) is 1. The van der Waals surface area contributed by atoms with Gasteiger partial charge in [-0.05, 0) is 58.7 Å². The van der Waals surface area contributed by atoms with Gasteiger partial charge in [0.05, 0.1) is 0 Å². The van der Waals surface area contributed by atoms with Gasteiger partial charge in [0.25, 0.3) is 0 Å². The summed E-state index contributed by atoms with van der Waals surface area (Å²) in [6.07, 6.45) is 6.20. The zero-order chi connectivity index (χ0) is 23.4. The standard InChI is InChI=1S/C20H30N4O.C4H10N2/c1-6-7-8-20(24-11-9-23(10-12-24)18(5)25)22-17(4)19-13-15(2)14-21-16(19)3;1-4(2)6-5-3/h8,13-14H,6-7,9-12H2,1-5H3;5H,1-3H3/b20-8-,22-17-;. The molecule has 0 aliphatic carbocycles. The minimum absolute atomic E-state index is 0.153. The predicted molar refractivity (Wildman–Crippen MR) is 131 cm³/mol. The van der Waals surface area contributed by atoms with E-state index in [4.69, 9.17) is 4.99 Å². The van der Waals surface area contributed by atoms with Crippen LogP contribution in [0.2, 0.25) is 0 Å². The molecule has 172 valence electrons. The summed E-state index contributed by atoms with van der Waals surface area (Å²) in [6, 6.07) is 2.15. The number of nitrogens with zero attached hydrogens (tertiary/aromatic N) is 5. The number of piperazine rings is 1. The number of carbonyl (C=O) groups excluding carboxylic acids is 1. The van der Waals surface area contributed by atoms with Gasteiger partial charge in [-0.3, -0.25) is 9.78 Å². The minimum Gasteiger partial charge on any atom is -0.353 e. The number of rotatable bonds is 6. The third-order valence-corrected chi connectivity index (χ3v) is 4.90. The topological polar surface area (TPSA) is 73.2 Å². The van der Waals surface area contributed by atoms with Crippen molar-refractivity contribution in [3.63, 3.8) is 0 Å². The number of aryl methyl sites for hydroxylation is 2. The molecular formula is C24H40N6O. The number of hydrogen-bond acceptors (Lipinski definition) is 6. The van der Waals surface area contributed by atoms with Gasteiger partial charge in [0.1, 0.15) is 5.82 Å². The first-order valence-corrected chi connectivity index (χ1v) is 11.1. The fourth-order valence-corrected chi connectivity index (χ4v) is 3.23. The smallest absolute Gasteiger partial charge is 0.219 e. The molecule has 1 N–H and O–H groups in total. The Kier molecular flexibility index (Phi) is 11.5. The monoisotopic (exact) mass is 428 g/mol. The number of amides is 1. The van der Waals surface area contributed by atoms with Crippen LogP contribution in [0, 0.1) is 13.8 Å². The van der Waals surface area contributed by atoms with Gasteiger partial charge in [0, 0.05) is 69.0 Å². The summed E-state index contributed by atoms with van der Waals surface area (Å²) in [4.78, 5) is 25.1. The largest absolute Gasteiger partial charge is 0.353 e. The molecule has 1 aliphatic rings. The Hall–Kier alpha value is -2.70. The van der Waals surface area contributed by atoms with E-state index in [1.165, 1.54) is 0 Å². The molecule has 0 saturated carbocycles. The van der Waals surface area contributed by atoms with E-state index < -0.39 is 0 Å². The average Bonchev–Trinajstić information content (AvgIpc) is 2.73. The van der Waals surface area contributed by atoms with Crippen molar-refractivity contribution in [2.75, 3.05) is 33.2 Å². The molecule has 1 fully saturated rings. The molecule has 1 aliphatic heterocycles. The van der Waals surface area contributed by atoms with Gasteiger partial charge < -0.3 is 15.2 Å². The number of carbonyl (C=O) groups is 1. The molecule has 0 atom stereocenters. The first-order valence-electron chi connectivity index (χ1n) is 11.1. The minimum atomic E-state index is 0.153. The Bertz CT molecular complexity index is 800. The van der Waals surface area contributed by atoms with E-state index in [9.17, 15) is 4.79 Å². The summed E-state index contributed by atoms with van der Waals surface area (Å²) >= 11 is 0. The van der Waals surface area contributed by atoms with Crippen molar-refractivity contribution in [2.45, 2.75) is 61.3 Å². The van der Waals surface area contributed by atoms with E-state index in [0.29, 0.717) is 0 Å². The normalized spacial score (nSPS) is 14.6. The molecular weight excluding hydrogens is 388 g/mol. The third kappa shape index (κ3) is 9.32. The molecule has 31 heavy (non-hydrogen) atoms. The van der Waals surface area contributed by atoms with Crippen molar-refractivity contribution in [3.8, 4) is 0 Å². The molecule has 1 amide bonds. The lowest BCUT2D eigenvalue weighted by atomic mass is 10.1. The van der Waals surface area contributed by atoms with Gasteiger partial charge in [0.15, 0.2) is 0 Å². The van der Waals surface area contributed by atoms with Gasteiger partial charge in [-0.25, -0.2) is 4.99 Å². The number of aromatic nitrogens is 1. The maximum atomic E-state index is 11.5. The van der Waals surface area contributed by atoms with Crippen LogP contribution < -0.4 is 5.43 Å². The highest BCUT2D eigenvalue weighted by Gasteiger charge is 2.20. The lowest BCUT2D eigenvalue weighted by Gasteiger charge is -2.35. The number of allylic oxidation sites excluding steroid dienone is 1. The summed E-state index contributed by atoms with van der Waals surface area (Å²) in [7, 11) is 1.78. The zero-order valence-electron chi connectivity index (χ0n) is 20.6. The molecule has 7 nitrogen and oxygen atoms in total. The average molecular weight is 429 g/mol. The zero-order valence-corrected chi connectivity index (χ0v) is 20.6. The quantitative estimate of drug-likeness (QED) is 0.551. The van der Waals surface area contributed by atoms with Gasteiger partial charge >= 0.3 is 0 Å². The molecule has 0 radical (unpaired) electrons. The molecule has 2 heterocycles. The molecule has 1 aromatic rings. The Balaban J connectivity index is 0.000000703. The molecule has 1 saturated heterocycles. The summed E-state index contributed by atoms with van der Waals surface area (Å²) < 4.78 is 0. The second-order valence-corrected chi connectivity index (χ2v) is 7.97. The third-order valence-electron chi connectivity index (χ3n) is 4.90.